The molecule has 0 unspecified atom stereocenters. The van der Waals surface area contributed by atoms with Gasteiger partial charge in [0, 0.05) is 54.4 Å². The van der Waals surface area contributed by atoms with Crippen molar-refractivity contribution in [3.05, 3.63) is 76.8 Å². The third-order valence-corrected chi connectivity index (χ3v) is 5.70. The van der Waals surface area contributed by atoms with Crippen molar-refractivity contribution >= 4 is 96.9 Å². The van der Waals surface area contributed by atoms with Crippen molar-refractivity contribution in [2.45, 2.75) is 0 Å². The normalized spacial score (nSPS) is 10.6. The van der Waals surface area contributed by atoms with E-state index in [1.165, 1.54) is 12.1 Å². The number of hydrogen-bond donors (Lipinski definition) is 1. The van der Waals surface area contributed by atoms with E-state index in [0.717, 1.165) is 35.4 Å². The Bertz CT molecular complexity index is 1210. The minimum absolute atomic E-state index is 0.0503. The van der Waals surface area contributed by atoms with Gasteiger partial charge in [-0.3, -0.25) is 20.1 Å². The second kappa shape index (κ2) is 8.81. The molecule has 0 amide bonds. The summed E-state index contributed by atoms with van der Waals surface area (Å²) >= 11 is 13.3. The number of rotatable bonds is 1. The van der Waals surface area contributed by atoms with Gasteiger partial charge in [0.15, 0.2) is 0 Å². The number of hydrogen-bond acceptors (Lipinski definition) is 5. The predicted molar refractivity (Wildman–Crippen MR) is 125 cm³/mol. The molecule has 0 spiro atoms. The molecule has 6 nitrogen and oxygen atoms in total. The zero-order valence-corrected chi connectivity index (χ0v) is 20.2. The first-order chi connectivity index (χ1) is 13.2. The lowest BCUT2D eigenvalue weighted by Gasteiger charge is -2.01. The number of nitro benzene ring substituents is 1. The Labute approximate surface area is 193 Å². The molecule has 0 atom stereocenters. The Hall–Kier alpha value is -1.62. The summed E-state index contributed by atoms with van der Waals surface area (Å²) in [6.07, 6.45) is 3.42. The summed E-state index contributed by atoms with van der Waals surface area (Å²) in [5, 5.41) is 12.4. The van der Waals surface area contributed by atoms with Crippen LogP contribution in [0, 0.1) is 10.1 Å². The van der Waals surface area contributed by atoms with Crippen molar-refractivity contribution < 1.29 is 4.92 Å². The van der Waals surface area contributed by atoms with E-state index in [9.17, 15) is 10.1 Å². The molecule has 142 valence electrons. The number of fused-ring (bicyclic) bond motifs is 2. The van der Waals surface area contributed by atoms with E-state index in [1.807, 2.05) is 18.2 Å². The first-order valence-corrected chi connectivity index (χ1v) is 10.8. The molecular weight excluding hydrogens is 624 g/mol. The van der Waals surface area contributed by atoms with Crippen molar-refractivity contribution in [1.29, 1.82) is 0 Å². The smallest absolute Gasteiger partial charge is 0.271 e. The second-order valence-corrected chi connectivity index (χ2v) is 9.18. The van der Waals surface area contributed by atoms with Crippen molar-refractivity contribution in [3.8, 4) is 0 Å². The molecular formula is C18H10Br4N4O2. The van der Waals surface area contributed by atoms with Gasteiger partial charge in [-0.05, 0) is 88.0 Å². The van der Waals surface area contributed by atoms with Crippen LogP contribution in [0.1, 0.15) is 0 Å². The molecule has 28 heavy (non-hydrogen) atoms. The molecule has 0 fully saturated rings. The van der Waals surface area contributed by atoms with Gasteiger partial charge in [0.1, 0.15) is 0 Å². The average Bonchev–Trinajstić information content (AvgIpc) is 2.61. The van der Waals surface area contributed by atoms with Crippen LogP contribution < -0.4 is 5.73 Å². The van der Waals surface area contributed by atoms with Gasteiger partial charge in [-0.1, -0.05) is 0 Å². The number of halogens is 4. The highest BCUT2D eigenvalue weighted by Crippen LogP contribution is 2.29. The first-order valence-electron chi connectivity index (χ1n) is 7.64. The topological polar surface area (TPSA) is 94.9 Å². The van der Waals surface area contributed by atoms with E-state index in [-0.39, 0.29) is 5.69 Å². The maximum Gasteiger partial charge on any atom is 0.271 e. The quantitative estimate of drug-likeness (QED) is 0.138. The molecule has 0 saturated heterocycles. The number of nitrogen functional groups attached to an aromatic ring is 1. The number of nitro groups is 1. The standard InChI is InChI=1S/C9H4Br2N2O2.C9H6Br2N2/c10-6-1-5-2-7(13(14)15)3-8(11)9(5)12-4-6;10-6-1-5-2-7(12)3-8(11)9(5)13-4-6/h1-4H;1-4H,12H2. The van der Waals surface area contributed by atoms with Crippen LogP contribution in [-0.4, -0.2) is 14.9 Å². The summed E-state index contributed by atoms with van der Waals surface area (Å²) in [4.78, 5) is 18.6. The fourth-order valence-corrected chi connectivity index (χ4v) is 4.33. The van der Waals surface area contributed by atoms with Gasteiger partial charge >= 0.3 is 0 Å². The van der Waals surface area contributed by atoms with Crippen LogP contribution in [0.25, 0.3) is 21.8 Å². The molecule has 0 radical (unpaired) electrons. The van der Waals surface area contributed by atoms with Crippen LogP contribution in [0.15, 0.2) is 66.7 Å². The molecule has 0 saturated carbocycles. The minimum Gasteiger partial charge on any atom is -0.399 e. The fourth-order valence-electron chi connectivity index (χ4n) is 2.47. The average molecular weight is 634 g/mol. The number of nitrogens with zero attached hydrogens (tertiary/aromatic N) is 3. The third-order valence-electron chi connectivity index (χ3n) is 3.62. The highest BCUT2D eigenvalue weighted by atomic mass is 79.9. The van der Waals surface area contributed by atoms with Crippen LogP contribution in [0.4, 0.5) is 11.4 Å². The lowest BCUT2D eigenvalue weighted by Crippen LogP contribution is -1.89. The number of anilines is 1. The maximum atomic E-state index is 10.6. The Morgan fingerprint density at radius 2 is 1.29 bits per heavy atom. The lowest BCUT2D eigenvalue weighted by molar-refractivity contribution is -0.384. The molecule has 10 heteroatoms. The molecule has 2 aromatic heterocycles. The van der Waals surface area contributed by atoms with Gasteiger partial charge in [0.25, 0.3) is 5.69 Å². The molecule has 0 bridgehead atoms. The highest BCUT2D eigenvalue weighted by molar-refractivity contribution is 9.11. The van der Waals surface area contributed by atoms with Gasteiger partial charge in [0.2, 0.25) is 0 Å². The molecule has 2 N–H and O–H groups in total. The van der Waals surface area contributed by atoms with Crippen LogP contribution in [0.3, 0.4) is 0 Å². The SMILES string of the molecule is Nc1cc(Br)c2ncc(Br)cc2c1.O=[N+]([O-])c1cc(Br)c2ncc(Br)cc2c1. The Morgan fingerprint density at radius 3 is 1.82 bits per heavy atom. The van der Waals surface area contributed by atoms with E-state index >= 15 is 0 Å². The Morgan fingerprint density at radius 1 is 0.786 bits per heavy atom. The third kappa shape index (κ3) is 4.86. The second-order valence-electron chi connectivity index (χ2n) is 5.64. The van der Waals surface area contributed by atoms with Crippen molar-refractivity contribution in [2.75, 3.05) is 5.73 Å². The zero-order valence-electron chi connectivity index (χ0n) is 13.9. The van der Waals surface area contributed by atoms with Crippen LogP contribution >= 0.6 is 63.7 Å². The molecule has 2 aromatic carbocycles. The Balaban J connectivity index is 0.000000162. The number of nitrogens with two attached hydrogens (primary N) is 1. The highest BCUT2D eigenvalue weighted by Gasteiger charge is 2.11. The van der Waals surface area contributed by atoms with Crippen molar-refractivity contribution in [1.82, 2.24) is 9.97 Å². The van der Waals surface area contributed by atoms with E-state index in [4.69, 9.17) is 5.73 Å². The summed E-state index contributed by atoms with van der Waals surface area (Å²) in [7, 11) is 0. The number of pyridine rings is 2. The molecule has 0 aliphatic carbocycles. The van der Waals surface area contributed by atoms with Crippen LogP contribution in [-0.2, 0) is 0 Å². The van der Waals surface area contributed by atoms with Gasteiger partial charge in [-0.2, -0.15) is 0 Å². The predicted octanol–water partition coefficient (Wildman–Crippen LogP) is 7.01. The van der Waals surface area contributed by atoms with Gasteiger partial charge in [-0.25, -0.2) is 0 Å². The monoisotopic (exact) mass is 630 g/mol. The number of non-ortho nitro benzene ring substituents is 1. The lowest BCUT2D eigenvalue weighted by atomic mass is 10.2. The first kappa shape index (κ1) is 21.1. The molecule has 4 aromatic rings. The van der Waals surface area contributed by atoms with E-state index in [0.29, 0.717) is 9.99 Å². The van der Waals surface area contributed by atoms with Crippen LogP contribution in [0.2, 0.25) is 0 Å². The number of aromatic nitrogens is 2. The van der Waals surface area contributed by atoms with Crippen molar-refractivity contribution in [2.24, 2.45) is 0 Å². The Kier molecular flexibility index (Phi) is 6.64. The molecule has 2 heterocycles. The van der Waals surface area contributed by atoms with E-state index in [2.05, 4.69) is 73.7 Å². The summed E-state index contributed by atoms with van der Waals surface area (Å²) in [5.74, 6) is 0. The van der Waals surface area contributed by atoms with Crippen molar-refractivity contribution in [3.63, 3.8) is 0 Å². The minimum atomic E-state index is -0.425. The zero-order chi connectivity index (χ0) is 20.4. The summed E-state index contributed by atoms with van der Waals surface area (Å²) < 4.78 is 3.30. The molecule has 0 aliphatic heterocycles. The van der Waals surface area contributed by atoms with Gasteiger partial charge < -0.3 is 5.73 Å². The molecule has 0 aliphatic rings. The van der Waals surface area contributed by atoms with E-state index in [1.54, 1.807) is 18.5 Å². The van der Waals surface area contributed by atoms with Gasteiger partial charge in [-0.15, -0.1) is 0 Å². The fraction of sp³-hybridized carbons (Fsp3) is 0. The summed E-state index contributed by atoms with van der Waals surface area (Å²) in [6, 6.07) is 10.5. The summed E-state index contributed by atoms with van der Waals surface area (Å²) in [6.45, 7) is 0. The number of benzene rings is 2. The largest absolute Gasteiger partial charge is 0.399 e. The van der Waals surface area contributed by atoms with Gasteiger partial charge in [0.05, 0.1) is 20.4 Å². The maximum absolute atomic E-state index is 10.6. The van der Waals surface area contributed by atoms with Crippen LogP contribution in [0.5, 0.6) is 0 Å². The molecule has 4 rings (SSSR count). The van der Waals surface area contributed by atoms with E-state index < -0.39 is 4.92 Å². The summed E-state index contributed by atoms with van der Waals surface area (Å²) in [5.41, 5.74) is 8.13.